The van der Waals surface area contributed by atoms with Gasteiger partial charge in [0.15, 0.2) is 0 Å². The molecule has 1 N–H and O–H groups in total. The van der Waals surface area contributed by atoms with E-state index in [1.165, 1.54) is 7.11 Å². The summed E-state index contributed by atoms with van der Waals surface area (Å²) in [6.07, 6.45) is 3.31. The van der Waals surface area contributed by atoms with Crippen molar-refractivity contribution >= 4 is 24.1 Å². The summed E-state index contributed by atoms with van der Waals surface area (Å²) in [5.74, 6) is 0. The van der Waals surface area contributed by atoms with Gasteiger partial charge < -0.3 is 4.74 Å². The molecule has 0 radical (unpaired) electrons. The number of ether oxygens (including phenoxy) is 1. The number of methoxy groups -OCH3 is 1. The lowest BCUT2D eigenvalue weighted by atomic mass is 10.2. The molecule has 0 fully saturated rings. The van der Waals surface area contributed by atoms with Gasteiger partial charge in [-0.15, -0.1) is 0 Å². The SMILES string of the molecule is COC(=N)ON=CC(C)(C)SC. The molecule has 0 heterocycles. The summed E-state index contributed by atoms with van der Waals surface area (Å²) >= 11 is 1.65. The van der Waals surface area contributed by atoms with Crippen molar-refractivity contribution in [2.45, 2.75) is 18.6 Å². The van der Waals surface area contributed by atoms with Crippen LogP contribution in [-0.4, -0.2) is 30.4 Å². The Hall–Kier alpha value is -0.710. The zero-order chi connectivity index (χ0) is 9.61. The third kappa shape index (κ3) is 5.01. The Labute approximate surface area is 76.8 Å². The molecule has 0 aliphatic rings. The second kappa shape index (κ2) is 5.03. The van der Waals surface area contributed by atoms with E-state index in [1.807, 2.05) is 20.1 Å². The zero-order valence-corrected chi connectivity index (χ0v) is 8.57. The highest BCUT2D eigenvalue weighted by atomic mass is 32.2. The van der Waals surface area contributed by atoms with Crippen molar-refractivity contribution in [3.8, 4) is 0 Å². The second-order valence-corrected chi connectivity index (χ2v) is 4.09. The molecule has 70 valence electrons. The summed E-state index contributed by atoms with van der Waals surface area (Å²) < 4.78 is 4.36. The average Bonchev–Trinajstić information content (AvgIpc) is 2.04. The topological polar surface area (TPSA) is 54.7 Å². The summed E-state index contributed by atoms with van der Waals surface area (Å²) in [7, 11) is 1.36. The minimum Gasteiger partial charge on any atom is -0.453 e. The molecule has 0 spiro atoms. The molecule has 0 rings (SSSR count). The molecule has 0 amide bonds. The lowest BCUT2D eigenvalue weighted by Crippen LogP contribution is -2.16. The Morgan fingerprint density at radius 2 is 2.17 bits per heavy atom. The molecule has 0 aliphatic heterocycles. The number of hydrogen-bond donors (Lipinski definition) is 1. The second-order valence-electron chi connectivity index (χ2n) is 2.62. The summed E-state index contributed by atoms with van der Waals surface area (Å²) in [4.78, 5) is 4.55. The molecule has 0 aromatic carbocycles. The van der Waals surface area contributed by atoms with Gasteiger partial charge in [0, 0.05) is 4.75 Å². The molecule has 12 heavy (non-hydrogen) atoms. The van der Waals surface area contributed by atoms with E-state index < -0.39 is 0 Å². The van der Waals surface area contributed by atoms with E-state index in [2.05, 4.69) is 14.7 Å². The van der Waals surface area contributed by atoms with Crippen LogP contribution in [0.4, 0.5) is 0 Å². The molecule has 5 heteroatoms. The van der Waals surface area contributed by atoms with E-state index in [0.29, 0.717) is 0 Å². The Morgan fingerprint density at radius 3 is 2.58 bits per heavy atom. The number of nitrogens with zero attached hydrogens (tertiary/aromatic N) is 1. The van der Waals surface area contributed by atoms with E-state index in [4.69, 9.17) is 5.41 Å². The number of oxime groups is 1. The highest BCUT2D eigenvalue weighted by Gasteiger charge is 2.12. The van der Waals surface area contributed by atoms with Crippen molar-refractivity contribution < 1.29 is 9.57 Å². The highest BCUT2D eigenvalue weighted by molar-refractivity contribution is 8.00. The molecule has 0 aromatic heterocycles. The molecule has 4 nitrogen and oxygen atoms in total. The van der Waals surface area contributed by atoms with Crippen LogP contribution < -0.4 is 0 Å². The van der Waals surface area contributed by atoms with Gasteiger partial charge in [0.1, 0.15) is 0 Å². The number of rotatable bonds is 3. The van der Waals surface area contributed by atoms with E-state index >= 15 is 0 Å². The first-order chi connectivity index (χ1) is 5.52. The standard InChI is InChI=1S/C7H14N2O2S/c1-7(2,12-4)5-9-11-6(8)10-3/h5,8H,1-4H3. The maximum Gasteiger partial charge on any atom is 0.407 e. The van der Waals surface area contributed by atoms with Crippen LogP contribution in [0.15, 0.2) is 5.16 Å². The summed E-state index contributed by atoms with van der Waals surface area (Å²) in [5.41, 5.74) is 0. The average molecular weight is 190 g/mol. The third-order valence-corrected chi connectivity index (χ3v) is 2.37. The van der Waals surface area contributed by atoms with E-state index in [0.717, 1.165) is 0 Å². The molecule has 0 aliphatic carbocycles. The van der Waals surface area contributed by atoms with Crippen LogP contribution in [0.3, 0.4) is 0 Å². The van der Waals surface area contributed by atoms with E-state index in [1.54, 1.807) is 18.0 Å². The quantitative estimate of drug-likeness (QED) is 0.419. The van der Waals surface area contributed by atoms with Gasteiger partial charge in [0.2, 0.25) is 0 Å². The molecule has 0 unspecified atom stereocenters. The summed E-state index contributed by atoms with van der Waals surface area (Å²) in [6.45, 7) is 4.00. The maximum absolute atomic E-state index is 6.94. The predicted octanol–water partition coefficient (Wildman–Crippen LogP) is 1.71. The van der Waals surface area contributed by atoms with Gasteiger partial charge in [-0.3, -0.25) is 4.84 Å². The third-order valence-electron chi connectivity index (χ3n) is 1.21. The van der Waals surface area contributed by atoms with Crippen LogP contribution in [0, 0.1) is 5.41 Å². The minimum atomic E-state index is -0.303. The fourth-order valence-corrected chi connectivity index (χ4v) is 0.440. The number of thioether (sulfide) groups is 1. The van der Waals surface area contributed by atoms with Gasteiger partial charge in [0.25, 0.3) is 0 Å². The van der Waals surface area contributed by atoms with Gasteiger partial charge in [-0.25, -0.2) is 5.41 Å². The van der Waals surface area contributed by atoms with E-state index in [9.17, 15) is 0 Å². The Kier molecular flexibility index (Phi) is 4.73. The van der Waals surface area contributed by atoms with Crippen molar-refractivity contribution in [3.05, 3.63) is 0 Å². The monoisotopic (exact) mass is 190 g/mol. The van der Waals surface area contributed by atoms with Crippen LogP contribution >= 0.6 is 11.8 Å². The first-order valence-electron chi connectivity index (χ1n) is 3.41. The largest absolute Gasteiger partial charge is 0.453 e. The summed E-state index contributed by atoms with van der Waals surface area (Å²) in [6, 6.07) is 0. The van der Waals surface area contributed by atoms with Gasteiger partial charge in [-0.05, 0) is 20.1 Å². The molecular weight excluding hydrogens is 176 g/mol. The molecule has 0 atom stereocenters. The van der Waals surface area contributed by atoms with Crippen LogP contribution in [0.25, 0.3) is 0 Å². The van der Waals surface area contributed by atoms with Crippen LogP contribution in [0.2, 0.25) is 0 Å². The predicted molar refractivity (Wildman–Crippen MR) is 51.9 cm³/mol. The van der Waals surface area contributed by atoms with Crippen molar-refractivity contribution in [1.29, 1.82) is 5.41 Å². The fraction of sp³-hybridized carbons (Fsp3) is 0.714. The molecule has 0 saturated heterocycles. The minimum absolute atomic E-state index is 0.0754. The van der Waals surface area contributed by atoms with Crippen molar-refractivity contribution in [3.63, 3.8) is 0 Å². The zero-order valence-electron chi connectivity index (χ0n) is 7.75. The van der Waals surface area contributed by atoms with Gasteiger partial charge >= 0.3 is 6.08 Å². The lowest BCUT2D eigenvalue weighted by molar-refractivity contribution is 0.202. The molecule has 0 aromatic rings. The first-order valence-corrected chi connectivity index (χ1v) is 4.63. The fourth-order valence-electron chi connectivity index (χ4n) is 0.291. The van der Waals surface area contributed by atoms with Crippen molar-refractivity contribution in [2.24, 2.45) is 5.16 Å². The highest BCUT2D eigenvalue weighted by Crippen LogP contribution is 2.17. The first kappa shape index (κ1) is 11.3. The molecule has 0 bridgehead atoms. The van der Waals surface area contributed by atoms with Gasteiger partial charge in [-0.2, -0.15) is 11.8 Å². The normalized spacial score (nSPS) is 11.7. The van der Waals surface area contributed by atoms with Crippen molar-refractivity contribution in [2.75, 3.05) is 13.4 Å². The van der Waals surface area contributed by atoms with Crippen LogP contribution in [0.1, 0.15) is 13.8 Å². The van der Waals surface area contributed by atoms with Crippen LogP contribution in [-0.2, 0) is 9.57 Å². The molecule has 0 saturated carbocycles. The smallest absolute Gasteiger partial charge is 0.407 e. The van der Waals surface area contributed by atoms with E-state index in [-0.39, 0.29) is 10.8 Å². The number of nitrogens with one attached hydrogen (secondary N) is 1. The lowest BCUT2D eigenvalue weighted by Gasteiger charge is -2.13. The van der Waals surface area contributed by atoms with Gasteiger partial charge in [-0.1, -0.05) is 5.16 Å². The summed E-state index contributed by atoms with van der Waals surface area (Å²) in [5, 5.41) is 10.5. The Balaban J connectivity index is 3.83. The molecular formula is C7H14N2O2S. The Morgan fingerprint density at radius 1 is 1.58 bits per heavy atom. The van der Waals surface area contributed by atoms with Crippen molar-refractivity contribution in [1.82, 2.24) is 0 Å². The van der Waals surface area contributed by atoms with Gasteiger partial charge in [0.05, 0.1) is 13.3 Å². The Bertz CT molecular complexity index is 180. The maximum atomic E-state index is 6.94. The number of hydrogen-bond acceptors (Lipinski definition) is 5. The van der Waals surface area contributed by atoms with Crippen LogP contribution in [0.5, 0.6) is 0 Å².